The van der Waals surface area contributed by atoms with Crippen molar-refractivity contribution in [2.45, 2.75) is 12.3 Å². The molecule has 0 fully saturated rings. The van der Waals surface area contributed by atoms with Gasteiger partial charge in [-0.05, 0) is 6.07 Å². The fraction of sp³-hybridized carbons (Fsp3) is 0.250. The first-order valence-electron chi connectivity index (χ1n) is 3.37. The van der Waals surface area contributed by atoms with Crippen molar-refractivity contribution in [3.63, 3.8) is 0 Å². The van der Waals surface area contributed by atoms with Crippen LogP contribution in [-0.2, 0) is 5.92 Å². The van der Waals surface area contributed by atoms with Crippen molar-refractivity contribution in [1.82, 2.24) is 0 Å². The molecule has 0 radical (unpaired) electrons. The van der Waals surface area contributed by atoms with E-state index in [1.165, 1.54) is 18.2 Å². The van der Waals surface area contributed by atoms with Gasteiger partial charge in [0, 0.05) is 10.0 Å². The molecular formula is C8H5BrF4. The zero-order valence-electron chi connectivity index (χ0n) is 6.28. The summed E-state index contributed by atoms with van der Waals surface area (Å²) < 4.78 is 49.3. The van der Waals surface area contributed by atoms with Crippen LogP contribution in [0, 0.1) is 0 Å². The standard InChI is InChI=1S/C8H5BrF4/c9-6-4-2-1-3-5(6)8(12,13)7(10)11/h1-4,7H. The SMILES string of the molecule is FC(F)C(F)(F)c1ccccc1Br. The molecule has 5 heteroatoms. The zero-order valence-corrected chi connectivity index (χ0v) is 7.86. The van der Waals surface area contributed by atoms with Crippen LogP contribution >= 0.6 is 15.9 Å². The van der Waals surface area contributed by atoms with Gasteiger partial charge in [0.15, 0.2) is 0 Å². The Kier molecular flexibility index (Phi) is 2.95. The first kappa shape index (κ1) is 10.5. The summed E-state index contributed by atoms with van der Waals surface area (Å²) >= 11 is 2.79. The molecule has 72 valence electrons. The molecule has 0 aromatic heterocycles. The largest absolute Gasteiger partial charge is 0.333 e. The summed E-state index contributed by atoms with van der Waals surface area (Å²) in [7, 11) is 0. The first-order valence-corrected chi connectivity index (χ1v) is 4.16. The van der Waals surface area contributed by atoms with Gasteiger partial charge in [0.25, 0.3) is 0 Å². The first-order chi connectivity index (χ1) is 5.96. The highest BCUT2D eigenvalue weighted by Crippen LogP contribution is 2.38. The molecule has 0 saturated heterocycles. The molecule has 13 heavy (non-hydrogen) atoms. The van der Waals surface area contributed by atoms with Gasteiger partial charge in [-0.25, -0.2) is 8.78 Å². The molecule has 0 saturated carbocycles. The predicted octanol–water partition coefficient (Wildman–Crippen LogP) is 3.81. The molecular weight excluding hydrogens is 252 g/mol. The number of benzene rings is 1. The van der Waals surface area contributed by atoms with Crippen LogP contribution in [-0.4, -0.2) is 6.43 Å². The average molecular weight is 257 g/mol. The Balaban J connectivity index is 3.14. The Morgan fingerprint density at radius 1 is 1.15 bits per heavy atom. The zero-order chi connectivity index (χ0) is 10.1. The number of halogens is 5. The van der Waals surface area contributed by atoms with Crippen molar-refractivity contribution in [1.29, 1.82) is 0 Å². The monoisotopic (exact) mass is 256 g/mol. The predicted molar refractivity (Wildman–Crippen MR) is 44.0 cm³/mol. The minimum Gasteiger partial charge on any atom is -0.203 e. The van der Waals surface area contributed by atoms with Crippen LogP contribution in [0.1, 0.15) is 5.56 Å². The van der Waals surface area contributed by atoms with Crippen LogP contribution in [0.3, 0.4) is 0 Å². The maximum atomic E-state index is 12.8. The third kappa shape index (κ3) is 2.02. The molecule has 0 aliphatic heterocycles. The molecule has 0 unspecified atom stereocenters. The summed E-state index contributed by atoms with van der Waals surface area (Å²) in [6, 6.07) is 5.04. The molecule has 1 aromatic rings. The van der Waals surface area contributed by atoms with E-state index < -0.39 is 17.9 Å². The lowest BCUT2D eigenvalue weighted by Crippen LogP contribution is -2.23. The quantitative estimate of drug-likeness (QED) is 0.707. The Morgan fingerprint density at radius 3 is 2.15 bits per heavy atom. The molecule has 0 N–H and O–H groups in total. The van der Waals surface area contributed by atoms with E-state index in [1.807, 2.05) is 0 Å². The van der Waals surface area contributed by atoms with Gasteiger partial charge in [0.1, 0.15) is 0 Å². The Morgan fingerprint density at radius 2 is 1.69 bits per heavy atom. The van der Waals surface area contributed by atoms with Crippen LogP contribution in [0.2, 0.25) is 0 Å². The molecule has 0 aliphatic rings. The van der Waals surface area contributed by atoms with Crippen LogP contribution in [0.4, 0.5) is 17.6 Å². The molecule has 0 heterocycles. The molecule has 0 amide bonds. The number of hydrogen-bond acceptors (Lipinski definition) is 0. The number of rotatable bonds is 2. The van der Waals surface area contributed by atoms with Crippen molar-refractivity contribution in [2.24, 2.45) is 0 Å². The van der Waals surface area contributed by atoms with Crippen molar-refractivity contribution in [3.05, 3.63) is 34.3 Å². The van der Waals surface area contributed by atoms with Crippen molar-refractivity contribution >= 4 is 15.9 Å². The van der Waals surface area contributed by atoms with E-state index in [9.17, 15) is 17.6 Å². The van der Waals surface area contributed by atoms with Gasteiger partial charge in [-0.2, -0.15) is 8.78 Å². The van der Waals surface area contributed by atoms with E-state index in [-0.39, 0.29) is 4.47 Å². The second-order valence-electron chi connectivity index (χ2n) is 2.40. The van der Waals surface area contributed by atoms with Crippen molar-refractivity contribution in [2.75, 3.05) is 0 Å². The number of alkyl halides is 4. The van der Waals surface area contributed by atoms with Gasteiger partial charge in [0.05, 0.1) is 0 Å². The van der Waals surface area contributed by atoms with Gasteiger partial charge in [-0.1, -0.05) is 34.1 Å². The highest BCUT2D eigenvalue weighted by atomic mass is 79.9. The summed E-state index contributed by atoms with van der Waals surface area (Å²) in [5.74, 6) is -4.10. The Hall–Kier alpha value is -0.580. The van der Waals surface area contributed by atoms with Crippen LogP contribution in [0.5, 0.6) is 0 Å². The molecule has 1 rings (SSSR count). The fourth-order valence-electron chi connectivity index (χ4n) is 0.849. The molecule has 0 nitrogen and oxygen atoms in total. The lowest BCUT2D eigenvalue weighted by atomic mass is 10.1. The Labute approximate surface area is 80.7 Å². The van der Waals surface area contributed by atoms with E-state index in [1.54, 1.807) is 0 Å². The summed E-state index contributed by atoms with van der Waals surface area (Å²) in [4.78, 5) is 0. The van der Waals surface area contributed by atoms with Crippen LogP contribution < -0.4 is 0 Å². The highest BCUT2D eigenvalue weighted by Gasteiger charge is 2.43. The van der Waals surface area contributed by atoms with Gasteiger partial charge < -0.3 is 0 Å². The van der Waals surface area contributed by atoms with Gasteiger partial charge in [0.2, 0.25) is 0 Å². The second-order valence-corrected chi connectivity index (χ2v) is 3.26. The molecule has 0 spiro atoms. The Bertz CT molecular complexity index is 298. The fourth-order valence-corrected chi connectivity index (χ4v) is 1.40. The molecule has 0 aliphatic carbocycles. The summed E-state index contributed by atoms with van der Waals surface area (Å²) in [5.41, 5.74) is -0.690. The molecule has 0 atom stereocenters. The summed E-state index contributed by atoms with van der Waals surface area (Å²) in [5, 5.41) is 0. The van der Waals surface area contributed by atoms with Gasteiger partial charge >= 0.3 is 12.3 Å². The lowest BCUT2D eigenvalue weighted by Gasteiger charge is -2.16. The van der Waals surface area contributed by atoms with E-state index in [4.69, 9.17) is 0 Å². The smallest absolute Gasteiger partial charge is 0.203 e. The highest BCUT2D eigenvalue weighted by molar-refractivity contribution is 9.10. The third-order valence-corrected chi connectivity index (χ3v) is 2.20. The third-order valence-electron chi connectivity index (χ3n) is 1.51. The van der Waals surface area contributed by atoms with Crippen molar-refractivity contribution in [3.8, 4) is 0 Å². The lowest BCUT2D eigenvalue weighted by molar-refractivity contribution is -0.135. The average Bonchev–Trinajstić information content (AvgIpc) is 2.04. The van der Waals surface area contributed by atoms with E-state index >= 15 is 0 Å². The normalized spacial score (nSPS) is 12.2. The minimum atomic E-state index is -4.10. The van der Waals surface area contributed by atoms with Crippen LogP contribution in [0.25, 0.3) is 0 Å². The minimum absolute atomic E-state index is 0.0136. The second kappa shape index (κ2) is 3.65. The van der Waals surface area contributed by atoms with Gasteiger partial charge in [-0.3, -0.25) is 0 Å². The van der Waals surface area contributed by atoms with Gasteiger partial charge in [-0.15, -0.1) is 0 Å². The summed E-state index contributed by atoms with van der Waals surface area (Å²) in [6.45, 7) is 0. The number of hydrogen-bond donors (Lipinski definition) is 0. The van der Waals surface area contributed by atoms with Crippen LogP contribution in [0.15, 0.2) is 28.7 Å². The van der Waals surface area contributed by atoms with E-state index in [2.05, 4.69) is 15.9 Å². The van der Waals surface area contributed by atoms with Crippen molar-refractivity contribution < 1.29 is 17.6 Å². The molecule has 0 bridgehead atoms. The maximum Gasteiger partial charge on any atom is 0.333 e. The topological polar surface area (TPSA) is 0 Å². The molecule has 1 aromatic carbocycles. The van der Waals surface area contributed by atoms with E-state index in [0.29, 0.717) is 0 Å². The van der Waals surface area contributed by atoms with E-state index in [0.717, 1.165) is 6.07 Å². The summed E-state index contributed by atoms with van der Waals surface area (Å²) in [6.07, 6.45) is -3.69. The maximum absolute atomic E-state index is 12.8.